The van der Waals surface area contributed by atoms with Crippen LogP contribution >= 0.6 is 0 Å². The molecule has 0 aliphatic rings. The molecule has 20 heavy (non-hydrogen) atoms. The molecule has 106 valence electrons. The molecular formula is C14H17N3O3. The van der Waals surface area contributed by atoms with Crippen LogP contribution in [0.5, 0.6) is 0 Å². The standard InChI is InChI=1S/C14H17N3O3/c1-9(7-10(2)18)16-14-11-5-3-4-6-12(11)15-8-13(14)17(19)20/h3-6,8-10,18H,7H2,1-2H3,(H,15,16). The van der Waals surface area contributed by atoms with E-state index in [1.54, 1.807) is 13.0 Å². The number of benzene rings is 1. The van der Waals surface area contributed by atoms with Crippen LogP contribution in [-0.4, -0.2) is 27.2 Å². The van der Waals surface area contributed by atoms with Crippen LogP contribution in [0.15, 0.2) is 30.5 Å². The van der Waals surface area contributed by atoms with Crippen molar-refractivity contribution in [3.05, 3.63) is 40.6 Å². The highest BCUT2D eigenvalue weighted by Gasteiger charge is 2.19. The summed E-state index contributed by atoms with van der Waals surface area (Å²) in [6, 6.07) is 7.18. The Labute approximate surface area is 116 Å². The number of hydrogen-bond donors (Lipinski definition) is 2. The van der Waals surface area contributed by atoms with Crippen LogP contribution in [0, 0.1) is 10.1 Å². The Hall–Kier alpha value is -2.21. The predicted octanol–water partition coefficient (Wildman–Crippen LogP) is 2.71. The van der Waals surface area contributed by atoms with E-state index < -0.39 is 11.0 Å². The molecule has 2 atom stereocenters. The lowest BCUT2D eigenvalue weighted by molar-refractivity contribution is -0.384. The second kappa shape index (κ2) is 5.83. The topological polar surface area (TPSA) is 88.3 Å². The van der Waals surface area contributed by atoms with Crippen LogP contribution in [0.4, 0.5) is 11.4 Å². The quantitative estimate of drug-likeness (QED) is 0.647. The van der Waals surface area contributed by atoms with Gasteiger partial charge >= 0.3 is 5.69 Å². The third kappa shape index (κ3) is 3.03. The number of aliphatic hydroxyl groups is 1. The summed E-state index contributed by atoms with van der Waals surface area (Å²) < 4.78 is 0. The van der Waals surface area contributed by atoms with Crippen LogP contribution < -0.4 is 5.32 Å². The first-order valence-corrected chi connectivity index (χ1v) is 6.45. The van der Waals surface area contributed by atoms with E-state index in [9.17, 15) is 15.2 Å². The van der Waals surface area contributed by atoms with E-state index in [-0.39, 0.29) is 11.7 Å². The lowest BCUT2D eigenvalue weighted by atomic mass is 10.1. The van der Waals surface area contributed by atoms with Gasteiger partial charge in [0.05, 0.1) is 16.5 Å². The molecule has 0 spiro atoms. The highest BCUT2D eigenvalue weighted by Crippen LogP contribution is 2.32. The number of anilines is 1. The van der Waals surface area contributed by atoms with Gasteiger partial charge in [0.25, 0.3) is 0 Å². The summed E-state index contributed by atoms with van der Waals surface area (Å²) in [5.41, 5.74) is 1.10. The van der Waals surface area contributed by atoms with Gasteiger partial charge in [-0.3, -0.25) is 10.1 Å². The van der Waals surface area contributed by atoms with Crippen LogP contribution in [-0.2, 0) is 0 Å². The van der Waals surface area contributed by atoms with Crippen molar-refractivity contribution in [2.24, 2.45) is 0 Å². The third-order valence-corrected chi connectivity index (χ3v) is 3.04. The van der Waals surface area contributed by atoms with Gasteiger partial charge < -0.3 is 10.4 Å². The Kier molecular flexibility index (Phi) is 4.14. The molecular weight excluding hydrogens is 258 g/mol. The first kappa shape index (κ1) is 14.2. The van der Waals surface area contributed by atoms with E-state index >= 15 is 0 Å². The van der Waals surface area contributed by atoms with Crippen molar-refractivity contribution in [2.45, 2.75) is 32.4 Å². The van der Waals surface area contributed by atoms with E-state index in [1.165, 1.54) is 6.20 Å². The molecule has 0 saturated carbocycles. The van der Waals surface area contributed by atoms with Gasteiger partial charge in [-0.2, -0.15) is 0 Å². The fourth-order valence-corrected chi connectivity index (χ4v) is 2.24. The van der Waals surface area contributed by atoms with E-state index in [2.05, 4.69) is 10.3 Å². The Bertz CT molecular complexity index is 628. The van der Waals surface area contributed by atoms with Gasteiger partial charge in [0.2, 0.25) is 0 Å². The number of fused-ring (bicyclic) bond motifs is 1. The van der Waals surface area contributed by atoms with Gasteiger partial charge in [-0.25, -0.2) is 4.98 Å². The molecule has 0 bridgehead atoms. The maximum atomic E-state index is 11.1. The fourth-order valence-electron chi connectivity index (χ4n) is 2.24. The van der Waals surface area contributed by atoms with Gasteiger partial charge in [0.1, 0.15) is 11.9 Å². The van der Waals surface area contributed by atoms with Crippen molar-refractivity contribution >= 4 is 22.3 Å². The molecule has 1 aromatic carbocycles. The molecule has 6 nitrogen and oxygen atoms in total. The molecule has 2 N–H and O–H groups in total. The minimum atomic E-state index is -0.468. The second-order valence-corrected chi connectivity index (χ2v) is 4.92. The monoisotopic (exact) mass is 275 g/mol. The lowest BCUT2D eigenvalue weighted by Gasteiger charge is -2.17. The highest BCUT2D eigenvalue weighted by atomic mass is 16.6. The second-order valence-electron chi connectivity index (χ2n) is 4.92. The predicted molar refractivity (Wildman–Crippen MR) is 77.8 cm³/mol. The summed E-state index contributed by atoms with van der Waals surface area (Å²) in [5.74, 6) is 0. The maximum Gasteiger partial charge on any atom is 0.311 e. The Balaban J connectivity index is 2.47. The van der Waals surface area contributed by atoms with Crippen molar-refractivity contribution in [1.82, 2.24) is 4.98 Å². The van der Waals surface area contributed by atoms with Crippen molar-refractivity contribution in [2.75, 3.05) is 5.32 Å². The number of rotatable bonds is 5. The van der Waals surface area contributed by atoms with Crippen molar-refractivity contribution in [1.29, 1.82) is 0 Å². The van der Waals surface area contributed by atoms with E-state index in [4.69, 9.17) is 0 Å². The van der Waals surface area contributed by atoms with Crippen molar-refractivity contribution < 1.29 is 10.0 Å². The molecule has 0 fully saturated rings. The molecule has 0 amide bonds. The van der Waals surface area contributed by atoms with Gasteiger partial charge in [-0.15, -0.1) is 0 Å². The number of nitrogens with one attached hydrogen (secondary N) is 1. The van der Waals surface area contributed by atoms with Gasteiger partial charge in [-0.05, 0) is 26.3 Å². The molecule has 0 saturated heterocycles. The van der Waals surface area contributed by atoms with Crippen LogP contribution in [0.2, 0.25) is 0 Å². The lowest BCUT2D eigenvalue weighted by Crippen LogP contribution is -2.21. The average Bonchev–Trinajstić information content (AvgIpc) is 2.37. The zero-order valence-corrected chi connectivity index (χ0v) is 11.4. The average molecular weight is 275 g/mol. The molecule has 0 aliphatic heterocycles. The third-order valence-electron chi connectivity index (χ3n) is 3.04. The summed E-state index contributed by atoms with van der Waals surface area (Å²) in [6.45, 7) is 3.57. The maximum absolute atomic E-state index is 11.1. The zero-order valence-electron chi connectivity index (χ0n) is 11.4. The first-order valence-electron chi connectivity index (χ1n) is 6.45. The Morgan fingerprint density at radius 3 is 2.75 bits per heavy atom. The number of nitrogens with zero attached hydrogens (tertiary/aromatic N) is 2. The number of nitro groups is 1. The minimum Gasteiger partial charge on any atom is -0.393 e. The number of pyridine rings is 1. The smallest absolute Gasteiger partial charge is 0.311 e. The van der Waals surface area contributed by atoms with E-state index in [0.717, 1.165) is 0 Å². The van der Waals surface area contributed by atoms with E-state index in [1.807, 2.05) is 25.1 Å². The molecule has 2 unspecified atom stereocenters. The van der Waals surface area contributed by atoms with E-state index in [0.29, 0.717) is 23.0 Å². The van der Waals surface area contributed by atoms with Crippen LogP contribution in [0.1, 0.15) is 20.3 Å². The summed E-state index contributed by atoms with van der Waals surface area (Å²) in [6.07, 6.45) is 1.30. The molecule has 0 aliphatic carbocycles. The van der Waals surface area contributed by atoms with Gasteiger partial charge in [0, 0.05) is 11.4 Å². The highest BCUT2D eigenvalue weighted by molar-refractivity contribution is 5.95. The van der Waals surface area contributed by atoms with Crippen molar-refractivity contribution in [3.8, 4) is 0 Å². The molecule has 6 heteroatoms. The molecule has 2 rings (SSSR count). The number of hydrogen-bond acceptors (Lipinski definition) is 5. The fraction of sp³-hybridized carbons (Fsp3) is 0.357. The number of aromatic nitrogens is 1. The Morgan fingerprint density at radius 2 is 2.10 bits per heavy atom. The molecule has 0 radical (unpaired) electrons. The summed E-state index contributed by atoms with van der Waals surface area (Å²) in [7, 11) is 0. The molecule has 1 heterocycles. The van der Waals surface area contributed by atoms with Gasteiger partial charge in [0.15, 0.2) is 0 Å². The molecule has 2 aromatic rings. The summed E-state index contributed by atoms with van der Waals surface area (Å²) >= 11 is 0. The minimum absolute atomic E-state index is 0.0545. The first-order chi connectivity index (χ1) is 9.49. The summed E-state index contributed by atoms with van der Waals surface area (Å²) in [5, 5.41) is 24.4. The number of aliphatic hydroxyl groups excluding tert-OH is 1. The van der Waals surface area contributed by atoms with Crippen molar-refractivity contribution in [3.63, 3.8) is 0 Å². The van der Waals surface area contributed by atoms with Gasteiger partial charge in [-0.1, -0.05) is 18.2 Å². The van der Waals surface area contributed by atoms with Crippen LogP contribution in [0.3, 0.4) is 0 Å². The normalized spacial score (nSPS) is 13.9. The summed E-state index contributed by atoms with van der Waals surface area (Å²) in [4.78, 5) is 14.8. The SMILES string of the molecule is CC(O)CC(C)Nc1c([N+](=O)[O-])cnc2ccccc12. The Morgan fingerprint density at radius 1 is 1.40 bits per heavy atom. The van der Waals surface area contributed by atoms with Crippen LogP contribution in [0.25, 0.3) is 10.9 Å². The molecule has 1 aromatic heterocycles. The largest absolute Gasteiger partial charge is 0.393 e. The zero-order chi connectivity index (χ0) is 14.7. The number of para-hydroxylation sites is 1.